The van der Waals surface area contributed by atoms with Gasteiger partial charge < -0.3 is 0 Å². The van der Waals surface area contributed by atoms with Crippen molar-refractivity contribution in [2.24, 2.45) is 5.84 Å². The van der Waals surface area contributed by atoms with Crippen molar-refractivity contribution in [3.63, 3.8) is 0 Å². The lowest BCUT2D eigenvalue weighted by Gasteiger charge is -2.16. The molecule has 1 heterocycles. The maximum absolute atomic E-state index is 5.65. The average molecular weight is 262 g/mol. The first-order chi connectivity index (χ1) is 8.85. The molecule has 0 fully saturated rings. The molecule has 0 aliphatic heterocycles. The largest absolute Gasteiger partial charge is 0.271 e. The van der Waals surface area contributed by atoms with E-state index < -0.39 is 0 Å². The third-order valence-corrected chi connectivity index (χ3v) is 3.87. The van der Waals surface area contributed by atoms with Crippen LogP contribution in [0.2, 0.25) is 0 Å². The highest BCUT2D eigenvalue weighted by molar-refractivity contribution is 7.99. The van der Waals surface area contributed by atoms with Crippen LogP contribution >= 0.6 is 11.8 Å². The summed E-state index contributed by atoms with van der Waals surface area (Å²) >= 11 is 1.79. The summed E-state index contributed by atoms with van der Waals surface area (Å²) in [4.78, 5) is 1.25. The molecule has 1 aromatic heterocycles. The Kier molecular flexibility index (Phi) is 4.81. The Morgan fingerprint density at radius 1 is 1.33 bits per heavy atom. The number of hydrogen-bond acceptors (Lipinski definition) is 4. The zero-order valence-electron chi connectivity index (χ0n) is 10.4. The molecule has 2 rings (SSSR count). The molecule has 96 valence electrons. The van der Waals surface area contributed by atoms with Crippen LogP contribution in [0.15, 0.2) is 47.5 Å². The van der Waals surface area contributed by atoms with Gasteiger partial charge in [-0.2, -0.15) is 5.10 Å². The minimum absolute atomic E-state index is 0.109. The van der Waals surface area contributed by atoms with E-state index in [1.165, 1.54) is 4.90 Å². The van der Waals surface area contributed by atoms with Gasteiger partial charge in [-0.15, -0.1) is 11.8 Å². The van der Waals surface area contributed by atoms with Crippen molar-refractivity contribution >= 4 is 11.8 Å². The molecule has 0 saturated heterocycles. The maximum Gasteiger partial charge on any atom is 0.0722 e. The van der Waals surface area contributed by atoms with E-state index in [1.54, 1.807) is 11.8 Å². The van der Waals surface area contributed by atoms with E-state index >= 15 is 0 Å². The van der Waals surface area contributed by atoms with Crippen molar-refractivity contribution in [3.8, 4) is 0 Å². The van der Waals surface area contributed by atoms with E-state index in [-0.39, 0.29) is 6.04 Å². The van der Waals surface area contributed by atoms with Gasteiger partial charge in [0.25, 0.3) is 0 Å². The normalized spacial score (nSPS) is 12.6. The summed E-state index contributed by atoms with van der Waals surface area (Å²) in [6, 6.07) is 12.4. The summed E-state index contributed by atoms with van der Waals surface area (Å²) in [5.74, 6) is 6.53. The lowest BCUT2D eigenvalue weighted by atomic mass is 10.2. The first-order valence-corrected chi connectivity index (χ1v) is 6.99. The topological polar surface area (TPSA) is 55.9 Å². The number of hydrogen-bond donors (Lipinski definition) is 2. The Morgan fingerprint density at radius 3 is 2.78 bits per heavy atom. The quantitative estimate of drug-likeness (QED) is 0.476. The van der Waals surface area contributed by atoms with Crippen LogP contribution in [0.3, 0.4) is 0 Å². The molecule has 0 bridgehead atoms. The molecule has 0 aliphatic carbocycles. The first kappa shape index (κ1) is 13.1. The molecular weight excluding hydrogens is 244 g/mol. The highest BCUT2D eigenvalue weighted by Crippen LogP contribution is 2.23. The van der Waals surface area contributed by atoms with Crippen LogP contribution in [0.25, 0.3) is 0 Å². The fourth-order valence-corrected chi connectivity index (χ4v) is 2.79. The number of benzene rings is 1. The second kappa shape index (κ2) is 6.58. The van der Waals surface area contributed by atoms with Gasteiger partial charge in [0.05, 0.1) is 11.7 Å². The summed E-state index contributed by atoms with van der Waals surface area (Å²) in [6.07, 6.45) is 1.82. The molecule has 0 aliphatic rings. The van der Waals surface area contributed by atoms with Crippen LogP contribution in [0.1, 0.15) is 18.7 Å². The Bertz CT molecular complexity index is 469. The third-order valence-electron chi connectivity index (χ3n) is 2.77. The van der Waals surface area contributed by atoms with E-state index in [0.29, 0.717) is 0 Å². The van der Waals surface area contributed by atoms with Crippen molar-refractivity contribution in [1.29, 1.82) is 0 Å². The third kappa shape index (κ3) is 3.13. The standard InChI is InChI=1S/C13H18N4S/c1-2-17-13(8-9-15-17)12(16-14)10-18-11-6-4-3-5-7-11/h3-9,12,16H,2,10,14H2,1H3. The van der Waals surface area contributed by atoms with Gasteiger partial charge in [0.15, 0.2) is 0 Å². The zero-order valence-corrected chi connectivity index (χ0v) is 11.2. The van der Waals surface area contributed by atoms with Crippen molar-refractivity contribution < 1.29 is 0 Å². The van der Waals surface area contributed by atoms with Gasteiger partial charge in [0.1, 0.15) is 0 Å². The highest BCUT2D eigenvalue weighted by atomic mass is 32.2. The molecule has 1 aromatic carbocycles. The van der Waals surface area contributed by atoms with Crippen LogP contribution in [-0.4, -0.2) is 15.5 Å². The summed E-state index contributed by atoms with van der Waals surface area (Å²) < 4.78 is 1.97. The van der Waals surface area contributed by atoms with Gasteiger partial charge >= 0.3 is 0 Å². The van der Waals surface area contributed by atoms with E-state index in [1.807, 2.05) is 35.1 Å². The molecule has 2 aromatic rings. The van der Waals surface area contributed by atoms with Gasteiger partial charge in [0.2, 0.25) is 0 Å². The monoisotopic (exact) mass is 262 g/mol. The molecule has 0 spiro atoms. The predicted octanol–water partition coefficient (Wildman–Crippen LogP) is 2.20. The molecular formula is C13H18N4S. The fourth-order valence-electron chi connectivity index (χ4n) is 1.82. The van der Waals surface area contributed by atoms with Crippen molar-refractivity contribution in [2.45, 2.75) is 24.4 Å². The molecule has 5 heteroatoms. The lowest BCUT2D eigenvalue weighted by Crippen LogP contribution is -2.31. The molecule has 4 nitrogen and oxygen atoms in total. The van der Waals surface area contributed by atoms with Crippen molar-refractivity contribution in [1.82, 2.24) is 15.2 Å². The maximum atomic E-state index is 5.65. The smallest absolute Gasteiger partial charge is 0.0722 e. The van der Waals surface area contributed by atoms with E-state index in [0.717, 1.165) is 18.0 Å². The van der Waals surface area contributed by atoms with Crippen molar-refractivity contribution in [3.05, 3.63) is 48.3 Å². The number of nitrogens with one attached hydrogen (secondary N) is 1. The number of rotatable bonds is 6. The Hall–Kier alpha value is -1.30. The number of thioether (sulfide) groups is 1. The highest BCUT2D eigenvalue weighted by Gasteiger charge is 2.14. The number of nitrogens with two attached hydrogens (primary N) is 1. The second-order valence-electron chi connectivity index (χ2n) is 3.92. The Balaban J connectivity index is 2.02. The van der Waals surface area contributed by atoms with E-state index in [2.05, 4.69) is 29.6 Å². The molecule has 18 heavy (non-hydrogen) atoms. The number of aryl methyl sites for hydroxylation is 1. The SMILES string of the molecule is CCn1nccc1C(CSc1ccccc1)NN. The molecule has 0 saturated carbocycles. The summed E-state index contributed by atoms with van der Waals surface area (Å²) in [7, 11) is 0. The molecule has 1 atom stereocenters. The number of hydrazine groups is 1. The van der Waals surface area contributed by atoms with Crippen LogP contribution in [0, 0.1) is 0 Å². The van der Waals surface area contributed by atoms with Gasteiger partial charge in [-0.05, 0) is 25.1 Å². The summed E-state index contributed by atoms with van der Waals surface area (Å²) in [5, 5.41) is 4.27. The van der Waals surface area contributed by atoms with E-state index in [4.69, 9.17) is 5.84 Å². The predicted molar refractivity (Wildman–Crippen MR) is 75.1 cm³/mol. The first-order valence-electron chi connectivity index (χ1n) is 6.00. The molecule has 3 N–H and O–H groups in total. The van der Waals surface area contributed by atoms with Gasteiger partial charge in [-0.3, -0.25) is 16.0 Å². The van der Waals surface area contributed by atoms with Gasteiger partial charge in [0, 0.05) is 23.4 Å². The zero-order chi connectivity index (χ0) is 12.8. The average Bonchev–Trinajstić information content (AvgIpc) is 2.89. The number of aromatic nitrogens is 2. The Morgan fingerprint density at radius 2 is 2.11 bits per heavy atom. The van der Waals surface area contributed by atoms with E-state index in [9.17, 15) is 0 Å². The molecule has 0 amide bonds. The summed E-state index contributed by atoms with van der Waals surface area (Å²) in [6.45, 7) is 2.94. The second-order valence-corrected chi connectivity index (χ2v) is 5.01. The van der Waals surface area contributed by atoms with Crippen LogP contribution in [-0.2, 0) is 6.54 Å². The van der Waals surface area contributed by atoms with Crippen LogP contribution in [0.5, 0.6) is 0 Å². The molecule has 1 unspecified atom stereocenters. The summed E-state index contributed by atoms with van der Waals surface area (Å²) in [5.41, 5.74) is 4.00. The number of nitrogens with zero attached hydrogens (tertiary/aromatic N) is 2. The van der Waals surface area contributed by atoms with Gasteiger partial charge in [-0.1, -0.05) is 18.2 Å². The lowest BCUT2D eigenvalue weighted by molar-refractivity contribution is 0.528. The van der Waals surface area contributed by atoms with Crippen LogP contribution in [0.4, 0.5) is 0 Å². The molecule has 0 radical (unpaired) electrons. The minimum Gasteiger partial charge on any atom is -0.271 e. The fraction of sp³-hybridized carbons (Fsp3) is 0.308. The van der Waals surface area contributed by atoms with Gasteiger partial charge in [-0.25, -0.2) is 0 Å². The van der Waals surface area contributed by atoms with Crippen molar-refractivity contribution in [2.75, 3.05) is 5.75 Å². The Labute approximate surface area is 112 Å². The minimum atomic E-state index is 0.109. The van der Waals surface area contributed by atoms with Crippen LogP contribution < -0.4 is 11.3 Å².